The molecule has 1 aliphatic carbocycles. The van der Waals surface area contributed by atoms with E-state index in [9.17, 15) is 9.59 Å². The molecule has 5 nitrogen and oxygen atoms in total. The summed E-state index contributed by atoms with van der Waals surface area (Å²) in [6, 6.07) is -0.625. The molecule has 0 heterocycles. The van der Waals surface area contributed by atoms with Crippen molar-refractivity contribution in [1.82, 2.24) is 5.32 Å². The van der Waals surface area contributed by atoms with Crippen LogP contribution in [0.2, 0.25) is 0 Å². The minimum Gasteiger partial charge on any atom is -0.480 e. The molecule has 0 aromatic rings. The molecule has 0 bridgehead atoms. The van der Waals surface area contributed by atoms with E-state index in [0.29, 0.717) is 6.61 Å². The quantitative estimate of drug-likeness (QED) is 0.722. The molecule has 0 radical (unpaired) electrons. The lowest BCUT2D eigenvalue weighted by molar-refractivity contribution is -0.144. The number of rotatable bonds is 6. The monoisotopic (exact) mass is 279 g/mol. The maximum atomic E-state index is 11.2. The number of nitrogens with one attached hydrogen (secondary N) is 1. The van der Waals surface area contributed by atoms with Crippen LogP contribution in [0.25, 0.3) is 0 Å². The van der Waals surface area contributed by atoms with Gasteiger partial charge in [0, 0.05) is 0 Å². The molecule has 0 amide bonds. The highest BCUT2D eigenvalue weighted by Crippen LogP contribution is 2.26. The third-order valence-electron chi connectivity index (χ3n) is 3.16. The Bertz CT molecular complexity index is 267. The van der Waals surface area contributed by atoms with E-state index in [2.05, 4.69) is 5.32 Å². The summed E-state index contributed by atoms with van der Waals surface area (Å²) in [7, 11) is 0. The summed E-state index contributed by atoms with van der Waals surface area (Å²) in [6.07, 6.45) is 5.19. The number of aliphatic carboxylic acids is 1. The Hall–Kier alpha value is -0.810. The molecule has 0 unspecified atom stereocenters. The van der Waals surface area contributed by atoms with Gasteiger partial charge in [0.05, 0.1) is 13.2 Å². The highest BCUT2D eigenvalue weighted by atomic mass is 35.5. The third kappa shape index (κ3) is 5.69. The summed E-state index contributed by atoms with van der Waals surface area (Å²) in [4.78, 5) is 22.3. The van der Waals surface area contributed by atoms with Crippen molar-refractivity contribution in [1.29, 1.82) is 0 Å². The van der Waals surface area contributed by atoms with Crippen molar-refractivity contribution in [2.75, 3.05) is 13.2 Å². The van der Waals surface area contributed by atoms with Gasteiger partial charge in [-0.05, 0) is 25.7 Å². The van der Waals surface area contributed by atoms with Crippen LogP contribution >= 0.6 is 12.4 Å². The number of carboxylic acid groups (broad SMARTS) is 1. The van der Waals surface area contributed by atoms with Gasteiger partial charge in [0.15, 0.2) is 0 Å². The lowest BCUT2D eigenvalue weighted by Crippen LogP contribution is -2.45. The first-order chi connectivity index (χ1) is 8.15. The highest BCUT2D eigenvalue weighted by Gasteiger charge is 2.29. The molecular weight excluding hydrogens is 258 g/mol. The lowest BCUT2D eigenvalue weighted by atomic mass is 9.84. The predicted octanol–water partition coefficient (Wildman–Crippen LogP) is 1.59. The van der Waals surface area contributed by atoms with Crippen molar-refractivity contribution in [3.63, 3.8) is 0 Å². The molecular formula is C12H22ClNO4. The van der Waals surface area contributed by atoms with Crippen molar-refractivity contribution in [2.24, 2.45) is 5.92 Å². The molecule has 0 spiro atoms. The largest absolute Gasteiger partial charge is 0.480 e. The van der Waals surface area contributed by atoms with E-state index < -0.39 is 18.0 Å². The second kappa shape index (κ2) is 9.16. The van der Waals surface area contributed by atoms with Crippen LogP contribution in [0, 0.1) is 5.92 Å². The molecule has 106 valence electrons. The van der Waals surface area contributed by atoms with Gasteiger partial charge in [-0.25, -0.2) is 0 Å². The number of hydrogen-bond acceptors (Lipinski definition) is 4. The Morgan fingerprint density at radius 1 is 1.33 bits per heavy atom. The Balaban J connectivity index is 0.00000289. The number of carbonyl (C=O) groups excluding carboxylic acids is 1. The average Bonchev–Trinajstić information content (AvgIpc) is 2.30. The van der Waals surface area contributed by atoms with Crippen LogP contribution in [0.15, 0.2) is 0 Å². The van der Waals surface area contributed by atoms with Crippen molar-refractivity contribution in [3.05, 3.63) is 0 Å². The first kappa shape index (κ1) is 17.2. The Morgan fingerprint density at radius 3 is 2.44 bits per heavy atom. The van der Waals surface area contributed by atoms with E-state index in [-0.39, 0.29) is 24.9 Å². The minimum atomic E-state index is -0.874. The summed E-state index contributed by atoms with van der Waals surface area (Å²) >= 11 is 0. The molecule has 2 N–H and O–H groups in total. The molecule has 0 aromatic carbocycles. The molecule has 1 saturated carbocycles. The van der Waals surface area contributed by atoms with E-state index in [0.717, 1.165) is 25.7 Å². The number of carboxylic acids is 1. The average molecular weight is 280 g/mol. The topological polar surface area (TPSA) is 75.6 Å². The van der Waals surface area contributed by atoms with Gasteiger partial charge in [-0.3, -0.25) is 14.9 Å². The van der Waals surface area contributed by atoms with Crippen LogP contribution in [-0.4, -0.2) is 36.2 Å². The van der Waals surface area contributed by atoms with E-state index in [4.69, 9.17) is 9.84 Å². The van der Waals surface area contributed by atoms with Crippen LogP contribution in [0.5, 0.6) is 0 Å². The standard InChI is InChI=1S/C12H21NO4.ClH/c1-2-17-10(14)8-13-11(12(15)16)9-6-4-3-5-7-9;/h9,11,13H,2-8H2,1H3,(H,15,16);1H/t11-;/m1./s1. The summed E-state index contributed by atoms with van der Waals surface area (Å²) < 4.78 is 4.76. The summed E-state index contributed by atoms with van der Waals surface area (Å²) in [6.45, 7) is 2.02. The molecule has 1 rings (SSSR count). The van der Waals surface area contributed by atoms with Crippen LogP contribution in [0.3, 0.4) is 0 Å². The predicted molar refractivity (Wildman–Crippen MR) is 69.9 cm³/mol. The Labute approximate surface area is 114 Å². The highest BCUT2D eigenvalue weighted by molar-refractivity contribution is 5.85. The number of halogens is 1. The van der Waals surface area contributed by atoms with Gasteiger partial charge < -0.3 is 9.84 Å². The van der Waals surface area contributed by atoms with Crippen molar-refractivity contribution < 1.29 is 19.4 Å². The van der Waals surface area contributed by atoms with Gasteiger partial charge >= 0.3 is 11.9 Å². The second-order valence-corrected chi connectivity index (χ2v) is 4.40. The molecule has 0 aliphatic heterocycles. The molecule has 1 fully saturated rings. The maximum Gasteiger partial charge on any atom is 0.320 e. The third-order valence-corrected chi connectivity index (χ3v) is 3.16. The van der Waals surface area contributed by atoms with E-state index in [1.165, 1.54) is 6.42 Å². The fraction of sp³-hybridized carbons (Fsp3) is 0.833. The van der Waals surface area contributed by atoms with Gasteiger partial charge in [-0.2, -0.15) is 0 Å². The number of carbonyl (C=O) groups is 2. The van der Waals surface area contributed by atoms with Crippen molar-refractivity contribution in [3.8, 4) is 0 Å². The minimum absolute atomic E-state index is 0. The molecule has 1 atom stereocenters. The lowest BCUT2D eigenvalue weighted by Gasteiger charge is -2.27. The van der Waals surface area contributed by atoms with Gasteiger partial charge in [0.1, 0.15) is 6.04 Å². The zero-order valence-corrected chi connectivity index (χ0v) is 11.5. The van der Waals surface area contributed by atoms with Gasteiger partial charge in [0.2, 0.25) is 0 Å². The fourth-order valence-electron chi connectivity index (χ4n) is 2.33. The van der Waals surface area contributed by atoms with E-state index in [1.807, 2.05) is 0 Å². The normalized spacial score (nSPS) is 17.6. The summed E-state index contributed by atoms with van der Waals surface area (Å²) in [5, 5.41) is 12.0. The maximum absolute atomic E-state index is 11.2. The zero-order chi connectivity index (χ0) is 12.7. The van der Waals surface area contributed by atoms with Crippen LogP contribution in [0.4, 0.5) is 0 Å². The molecule has 0 aromatic heterocycles. The molecule has 18 heavy (non-hydrogen) atoms. The first-order valence-electron chi connectivity index (χ1n) is 6.27. The zero-order valence-electron chi connectivity index (χ0n) is 10.7. The number of ether oxygens (including phenoxy) is 1. The van der Waals surface area contributed by atoms with Gasteiger partial charge in [0.25, 0.3) is 0 Å². The molecule has 0 saturated heterocycles. The van der Waals surface area contributed by atoms with Crippen molar-refractivity contribution >= 4 is 24.3 Å². The van der Waals surface area contributed by atoms with Gasteiger partial charge in [-0.1, -0.05) is 19.3 Å². The summed E-state index contributed by atoms with van der Waals surface area (Å²) in [5.41, 5.74) is 0. The van der Waals surface area contributed by atoms with Crippen LogP contribution in [0.1, 0.15) is 39.0 Å². The van der Waals surface area contributed by atoms with Crippen molar-refractivity contribution in [2.45, 2.75) is 45.1 Å². The number of esters is 1. The second-order valence-electron chi connectivity index (χ2n) is 4.40. The van der Waals surface area contributed by atoms with Crippen LogP contribution < -0.4 is 5.32 Å². The van der Waals surface area contributed by atoms with E-state index in [1.54, 1.807) is 6.92 Å². The molecule has 6 heteroatoms. The smallest absolute Gasteiger partial charge is 0.320 e. The van der Waals surface area contributed by atoms with Crippen LogP contribution in [-0.2, 0) is 14.3 Å². The van der Waals surface area contributed by atoms with Gasteiger partial charge in [-0.15, -0.1) is 12.4 Å². The van der Waals surface area contributed by atoms with E-state index >= 15 is 0 Å². The molecule has 1 aliphatic rings. The first-order valence-corrected chi connectivity index (χ1v) is 6.27. The fourth-order valence-corrected chi connectivity index (χ4v) is 2.33. The number of hydrogen-bond donors (Lipinski definition) is 2. The Kier molecular flexibility index (Phi) is 8.75. The SMILES string of the molecule is CCOC(=O)CN[C@@H](C(=O)O)C1CCCCC1.Cl. The Morgan fingerprint density at radius 2 is 1.94 bits per heavy atom. The summed E-state index contributed by atoms with van der Waals surface area (Å²) in [5.74, 6) is -1.13.